The minimum absolute atomic E-state index is 0.238. The highest BCUT2D eigenvalue weighted by molar-refractivity contribution is 7.79. The van der Waals surface area contributed by atoms with Gasteiger partial charge in [-0.3, -0.25) is 13.7 Å². The smallest absolute Gasteiger partial charge is 0.310 e. The molecular formula is C14H21N2O4S-. The number of carbonyl (C=O) groups is 1. The van der Waals surface area contributed by atoms with E-state index in [2.05, 4.69) is 5.10 Å². The van der Waals surface area contributed by atoms with Crippen LogP contribution in [0.5, 0.6) is 0 Å². The first kappa shape index (κ1) is 16.2. The second-order valence-corrected chi connectivity index (χ2v) is 6.98. The third kappa shape index (κ3) is 4.14. The largest absolute Gasteiger partial charge is 0.772 e. The van der Waals surface area contributed by atoms with Crippen LogP contribution < -0.4 is 0 Å². The maximum absolute atomic E-state index is 11.3. The molecule has 0 spiro atoms. The van der Waals surface area contributed by atoms with Crippen molar-refractivity contribution in [1.29, 1.82) is 0 Å². The second-order valence-electron chi connectivity index (χ2n) is 6.08. The molecule has 0 amide bonds. The maximum atomic E-state index is 11.3. The summed E-state index contributed by atoms with van der Waals surface area (Å²) in [6, 6.07) is 0. The fourth-order valence-corrected chi connectivity index (χ4v) is 3.62. The van der Waals surface area contributed by atoms with E-state index in [1.165, 1.54) is 38.2 Å². The van der Waals surface area contributed by atoms with Gasteiger partial charge in [0.1, 0.15) is 0 Å². The van der Waals surface area contributed by atoms with Crippen molar-refractivity contribution in [2.45, 2.75) is 51.5 Å². The molecule has 6 nitrogen and oxygen atoms in total. The molecule has 1 heterocycles. The Hall–Kier alpha value is -1.21. The van der Waals surface area contributed by atoms with Crippen LogP contribution in [0, 0.1) is 5.41 Å². The predicted octanol–water partition coefficient (Wildman–Crippen LogP) is 1.90. The van der Waals surface area contributed by atoms with Gasteiger partial charge >= 0.3 is 5.97 Å². The molecule has 7 heteroatoms. The van der Waals surface area contributed by atoms with Gasteiger partial charge in [-0.05, 0) is 37.7 Å². The van der Waals surface area contributed by atoms with E-state index in [-0.39, 0.29) is 12.2 Å². The summed E-state index contributed by atoms with van der Waals surface area (Å²) >= 11 is -2.37. The molecule has 1 aromatic heterocycles. The molecule has 21 heavy (non-hydrogen) atoms. The van der Waals surface area contributed by atoms with Crippen LogP contribution in [0.25, 0.3) is 0 Å². The van der Waals surface area contributed by atoms with Crippen LogP contribution in [0.15, 0.2) is 12.4 Å². The van der Waals surface area contributed by atoms with Gasteiger partial charge in [0.15, 0.2) is 0 Å². The average molecular weight is 313 g/mol. The highest BCUT2D eigenvalue weighted by Gasteiger charge is 2.33. The molecule has 2 atom stereocenters. The summed E-state index contributed by atoms with van der Waals surface area (Å²) in [5, 5.41) is 13.5. The SMILES string of the molecule is C[C@](CCn1cc(C2CCCC2)cn1)(CS(=O)[O-])C(=O)O. The van der Waals surface area contributed by atoms with Gasteiger partial charge in [-0.2, -0.15) is 5.10 Å². The lowest BCUT2D eigenvalue weighted by atomic mass is 9.89. The van der Waals surface area contributed by atoms with Gasteiger partial charge in [-0.25, -0.2) is 0 Å². The first-order valence-electron chi connectivity index (χ1n) is 7.22. The van der Waals surface area contributed by atoms with Crippen molar-refractivity contribution in [1.82, 2.24) is 9.78 Å². The zero-order valence-corrected chi connectivity index (χ0v) is 13.0. The van der Waals surface area contributed by atoms with Crippen LogP contribution in [0.2, 0.25) is 0 Å². The van der Waals surface area contributed by atoms with Crippen molar-refractivity contribution >= 4 is 17.0 Å². The Morgan fingerprint density at radius 1 is 1.57 bits per heavy atom. The number of aryl methyl sites for hydroxylation is 1. The summed E-state index contributed by atoms with van der Waals surface area (Å²) in [5.74, 6) is -0.896. The van der Waals surface area contributed by atoms with Crippen LogP contribution in [0.3, 0.4) is 0 Å². The van der Waals surface area contributed by atoms with Crippen molar-refractivity contribution in [2.75, 3.05) is 5.75 Å². The summed E-state index contributed by atoms with van der Waals surface area (Å²) in [7, 11) is 0. The van der Waals surface area contributed by atoms with Gasteiger partial charge in [0.25, 0.3) is 0 Å². The van der Waals surface area contributed by atoms with Gasteiger partial charge in [0.05, 0.1) is 11.6 Å². The molecule has 1 aliphatic rings. The average Bonchev–Trinajstić information content (AvgIpc) is 3.06. The molecule has 2 rings (SSSR count). The van der Waals surface area contributed by atoms with Crippen molar-refractivity contribution in [3.8, 4) is 0 Å². The number of carboxylic acids is 1. The molecule has 118 valence electrons. The zero-order chi connectivity index (χ0) is 15.5. The van der Waals surface area contributed by atoms with E-state index in [4.69, 9.17) is 0 Å². The van der Waals surface area contributed by atoms with E-state index in [1.54, 1.807) is 4.68 Å². The van der Waals surface area contributed by atoms with Crippen molar-refractivity contribution in [2.24, 2.45) is 5.41 Å². The normalized spacial score (nSPS) is 20.3. The molecule has 0 bridgehead atoms. The summed E-state index contributed by atoms with van der Waals surface area (Å²) in [4.78, 5) is 11.3. The van der Waals surface area contributed by atoms with Gasteiger partial charge in [-0.15, -0.1) is 0 Å². The van der Waals surface area contributed by atoms with Crippen LogP contribution in [0.1, 0.15) is 50.5 Å². The summed E-state index contributed by atoms with van der Waals surface area (Å²) in [6.45, 7) is 1.87. The van der Waals surface area contributed by atoms with E-state index < -0.39 is 22.5 Å². The lowest BCUT2D eigenvalue weighted by Gasteiger charge is -2.25. The molecule has 1 saturated carbocycles. The quantitative estimate of drug-likeness (QED) is 0.776. The van der Waals surface area contributed by atoms with E-state index in [1.807, 2.05) is 12.4 Å². The van der Waals surface area contributed by atoms with Crippen LogP contribution >= 0.6 is 0 Å². The molecule has 1 unspecified atom stereocenters. The number of aromatic nitrogens is 2. The minimum Gasteiger partial charge on any atom is -0.772 e. The van der Waals surface area contributed by atoms with E-state index in [0.29, 0.717) is 12.5 Å². The number of nitrogens with zero attached hydrogens (tertiary/aromatic N) is 2. The second kappa shape index (κ2) is 6.70. The Morgan fingerprint density at radius 3 is 2.81 bits per heavy atom. The zero-order valence-electron chi connectivity index (χ0n) is 12.2. The first-order chi connectivity index (χ1) is 9.90. The van der Waals surface area contributed by atoms with Gasteiger partial charge in [-0.1, -0.05) is 23.9 Å². The number of hydrogen-bond donors (Lipinski definition) is 1. The fraction of sp³-hybridized carbons (Fsp3) is 0.714. The predicted molar refractivity (Wildman–Crippen MR) is 77.6 cm³/mol. The van der Waals surface area contributed by atoms with Gasteiger partial charge in [0, 0.05) is 18.5 Å². The van der Waals surface area contributed by atoms with Crippen molar-refractivity contribution in [3.63, 3.8) is 0 Å². The molecule has 0 aromatic carbocycles. The monoisotopic (exact) mass is 313 g/mol. The maximum Gasteiger partial charge on any atom is 0.310 e. The fourth-order valence-electron chi connectivity index (χ4n) is 2.83. The Morgan fingerprint density at radius 2 is 2.24 bits per heavy atom. The summed E-state index contributed by atoms with van der Waals surface area (Å²) < 4.78 is 23.4. The Balaban J connectivity index is 1.97. The summed E-state index contributed by atoms with van der Waals surface area (Å²) in [5.41, 5.74) is -0.0663. The molecule has 0 radical (unpaired) electrons. The third-order valence-corrected chi connectivity index (χ3v) is 5.20. The molecule has 0 aliphatic heterocycles. The number of aliphatic carboxylic acids is 1. The molecule has 1 fully saturated rings. The molecule has 1 aliphatic carbocycles. The number of rotatable bonds is 7. The molecular weight excluding hydrogens is 292 g/mol. The van der Waals surface area contributed by atoms with Crippen molar-refractivity contribution < 1.29 is 18.7 Å². The number of carboxylic acid groups (broad SMARTS) is 1. The molecule has 1 N–H and O–H groups in total. The van der Waals surface area contributed by atoms with E-state index in [0.717, 1.165) is 0 Å². The number of hydrogen-bond acceptors (Lipinski definition) is 4. The van der Waals surface area contributed by atoms with Crippen LogP contribution in [-0.2, 0) is 22.4 Å². The standard InChI is InChI=1S/C14H22N2O4S/c1-14(13(17)18,10-21(19)20)6-7-16-9-12(8-15-16)11-4-2-3-5-11/h8-9,11H,2-7,10H2,1H3,(H,17,18)(H,19,20)/p-1/t14-/m0/s1. The van der Waals surface area contributed by atoms with E-state index >= 15 is 0 Å². The molecule has 0 saturated heterocycles. The lowest BCUT2D eigenvalue weighted by molar-refractivity contribution is -0.147. The lowest BCUT2D eigenvalue weighted by Crippen LogP contribution is -2.34. The summed E-state index contributed by atoms with van der Waals surface area (Å²) in [6.07, 6.45) is 8.93. The Labute approximate surface area is 126 Å². The van der Waals surface area contributed by atoms with Gasteiger partial charge < -0.3 is 9.66 Å². The highest BCUT2D eigenvalue weighted by atomic mass is 32.2. The Kier molecular flexibility index (Phi) is 5.16. The topological polar surface area (TPSA) is 95.3 Å². The van der Waals surface area contributed by atoms with Crippen LogP contribution in [-0.4, -0.2) is 35.4 Å². The highest BCUT2D eigenvalue weighted by Crippen LogP contribution is 2.33. The third-order valence-electron chi connectivity index (χ3n) is 4.33. The van der Waals surface area contributed by atoms with Gasteiger partial charge in [0.2, 0.25) is 0 Å². The van der Waals surface area contributed by atoms with E-state index in [9.17, 15) is 18.7 Å². The van der Waals surface area contributed by atoms with Crippen LogP contribution in [0.4, 0.5) is 0 Å². The Bertz CT molecular complexity index is 525. The van der Waals surface area contributed by atoms with Crippen molar-refractivity contribution in [3.05, 3.63) is 18.0 Å². The first-order valence-corrected chi connectivity index (χ1v) is 8.47. The minimum atomic E-state index is -2.37. The molecule has 1 aromatic rings.